The number of hydrogen-bond donors (Lipinski definition) is 4. The van der Waals surface area contributed by atoms with E-state index in [4.69, 9.17) is 10.9 Å². The first kappa shape index (κ1) is 11.8. The Kier molecular flexibility index (Phi) is 4.15. The van der Waals surface area contributed by atoms with E-state index in [9.17, 15) is 9.59 Å². The van der Waals surface area contributed by atoms with Crippen LogP contribution in [0.25, 0.3) is 0 Å². The van der Waals surface area contributed by atoms with E-state index in [1.54, 1.807) is 0 Å². The fourth-order valence-electron chi connectivity index (χ4n) is 0.988. The van der Waals surface area contributed by atoms with Gasteiger partial charge in [-0.15, -0.1) is 5.10 Å². The summed E-state index contributed by atoms with van der Waals surface area (Å²) in [5.74, 6) is 4.86. The lowest BCUT2D eigenvalue weighted by molar-refractivity contribution is -0.122. The topological polar surface area (TPSA) is 148 Å². The van der Waals surface area contributed by atoms with Crippen LogP contribution in [0, 0.1) is 0 Å². The molecule has 88 valence electrons. The van der Waals surface area contributed by atoms with Crippen molar-refractivity contribution in [2.24, 2.45) is 5.84 Å². The Balaban J connectivity index is 2.50. The third kappa shape index (κ3) is 3.49. The van der Waals surface area contributed by atoms with Gasteiger partial charge >= 0.3 is 6.09 Å². The number of nitrogens with one attached hydrogen (secondary N) is 2. The van der Waals surface area contributed by atoms with E-state index in [0.29, 0.717) is 5.82 Å². The third-order valence-corrected chi connectivity index (χ3v) is 1.69. The molecule has 16 heavy (non-hydrogen) atoms. The first-order chi connectivity index (χ1) is 7.63. The van der Waals surface area contributed by atoms with E-state index < -0.39 is 12.0 Å². The fourth-order valence-corrected chi connectivity index (χ4v) is 0.988. The average molecular weight is 229 g/mol. The fraction of sp³-hybridized carbons (Fsp3) is 0.500. The van der Waals surface area contributed by atoms with Crippen LogP contribution < -0.4 is 16.6 Å². The van der Waals surface area contributed by atoms with Crippen molar-refractivity contribution in [3.8, 4) is 0 Å². The van der Waals surface area contributed by atoms with Gasteiger partial charge in [-0.3, -0.25) is 10.2 Å². The summed E-state index contributed by atoms with van der Waals surface area (Å²) in [5, 5.41) is 21.1. The molecule has 0 saturated carbocycles. The van der Waals surface area contributed by atoms with Gasteiger partial charge in [-0.2, -0.15) is 0 Å². The highest BCUT2D eigenvalue weighted by Gasteiger charge is 2.09. The number of nitrogens with zero attached hydrogens (tertiary/aromatic N) is 4. The number of rotatable bonds is 5. The van der Waals surface area contributed by atoms with E-state index in [1.165, 1.54) is 4.68 Å². The van der Waals surface area contributed by atoms with Crippen molar-refractivity contribution < 1.29 is 14.7 Å². The molecule has 1 rings (SSSR count). The van der Waals surface area contributed by atoms with E-state index in [0.717, 1.165) is 0 Å². The monoisotopic (exact) mass is 229 g/mol. The lowest BCUT2D eigenvalue weighted by Crippen LogP contribution is -2.34. The zero-order valence-electron chi connectivity index (χ0n) is 8.25. The van der Waals surface area contributed by atoms with Crippen LogP contribution in [0.4, 0.5) is 4.79 Å². The largest absolute Gasteiger partial charge is 0.465 e. The van der Waals surface area contributed by atoms with Crippen molar-refractivity contribution in [1.82, 2.24) is 30.9 Å². The van der Waals surface area contributed by atoms with Gasteiger partial charge in [-0.1, -0.05) is 0 Å². The van der Waals surface area contributed by atoms with Crippen molar-refractivity contribution >= 4 is 12.0 Å². The van der Waals surface area contributed by atoms with Crippen LogP contribution in [-0.2, 0) is 17.8 Å². The number of hydrazine groups is 1. The van der Waals surface area contributed by atoms with Crippen molar-refractivity contribution in [1.29, 1.82) is 0 Å². The van der Waals surface area contributed by atoms with Gasteiger partial charge in [0, 0.05) is 13.0 Å². The molecule has 0 atom stereocenters. The van der Waals surface area contributed by atoms with Crippen LogP contribution in [-0.4, -0.2) is 43.9 Å². The Labute approximate surface area is 89.8 Å². The normalized spacial score (nSPS) is 9.81. The lowest BCUT2D eigenvalue weighted by atomic mass is 10.4. The molecule has 0 spiro atoms. The first-order valence-electron chi connectivity index (χ1n) is 4.34. The summed E-state index contributed by atoms with van der Waals surface area (Å²) in [5.41, 5.74) is 1.94. The van der Waals surface area contributed by atoms with Crippen LogP contribution in [0.1, 0.15) is 5.82 Å². The highest BCUT2D eigenvalue weighted by Crippen LogP contribution is 1.92. The molecule has 0 aliphatic carbocycles. The molecule has 0 aliphatic rings. The number of carbonyl (C=O) groups is 2. The minimum atomic E-state index is -1.13. The van der Waals surface area contributed by atoms with Gasteiger partial charge in [0.1, 0.15) is 6.54 Å². The van der Waals surface area contributed by atoms with Crippen LogP contribution in [0.2, 0.25) is 0 Å². The zero-order chi connectivity index (χ0) is 12.0. The summed E-state index contributed by atoms with van der Waals surface area (Å²) in [6.07, 6.45) is -0.837. The maximum absolute atomic E-state index is 11.0. The van der Waals surface area contributed by atoms with Gasteiger partial charge in [0.05, 0.1) is 0 Å². The Hall–Kier alpha value is -2.23. The summed E-state index contributed by atoms with van der Waals surface area (Å²) in [6.45, 7) is 0.0614. The van der Waals surface area contributed by atoms with E-state index in [-0.39, 0.29) is 19.5 Å². The van der Waals surface area contributed by atoms with E-state index >= 15 is 0 Å². The number of carboxylic acid groups (broad SMARTS) is 1. The van der Waals surface area contributed by atoms with Crippen molar-refractivity contribution in [3.05, 3.63) is 5.82 Å². The molecule has 5 N–H and O–H groups in total. The maximum Gasteiger partial charge on any atom is 0.404 e. The number of amides is 2. The van der Waals surface area contributed by atoms with E-state index in [1.807, 2.05) is 5.43 Å². The second-order valence-electron chi connectivity index (χ2n) is 2.80. The van der Waals surface area contributed by atoms with Crippen LogP contribution in [0.5, 0.6) is 0 Å². The molecular formula is C6H11N7O3. The van der Waals surface area contributed by atoms with Gasteiger partial charge in [0.15, 0.2) is 5.82 Å². The maximum atomic E-state index is 11.0. The summed E-state index contributed by atoms with van der Waals surface area (Å²) in [4.78, 5) is 21.1. The van der Waals surface area contributed by atoms with Crippen molar-refractivity contribution in [2.45, 2.75) is 13.0 Å². The molecule has 0 saturated heterocycles. The second kappa shape index (κ2) is 5.60. The zero-order valence-corrected chi connectivity index (χ0v) is 8.25. The molecule has 10 heteroatoms. The van der Waals surface area contributed by atoms with Crippen molar-refractivity contribution in [2.75, 3.05) is 6.54 Å². The van der Waals surface area contributed by atoms with Gasteiger partial charge in [-0.25, -0.2) is 15.3 Å². The standard InChI is InChI=1S/C6H11N7O3/c7-9-5(14)3-13-4(10-11-12-13)1-2-8-6(15)16/h8H,1-3,7H2,(H,9,14)(H,15,16). The predicted molar refractivity (Wildman–Crippen MR) is 49.9 cm³/mol. The minimum absolute atomic E-state index is 0.105. The molecular weight excluding hydrogens is 218 g/mol. The average Bonchev–Trinajstić information content (AvgIpc) is 2.65. The molecule has 0 aromatic carbocycles. The lowest BCUT2D eigenvalue weighted by Gasteiger charge is -2.03. The number of hydrogen-bond acceptors (Lipinski definition) is 6. The molecule has 0 aliphatic heterocycles. The number of tetrazole rings is 1. The molecule has 0 radical (unpaired) electrons. The molecule has 10 nitrogen and oxygen atoms in total. The van der Waals surface area contributed by atoms with E-state index in [2.05, 4.69) is 20.8 Å². The molecule has 2 amide bonds. The minimum Gasteiger partial charge on any atom is -0.465 e. The van der Waals surface area contributed by atoms with Gasteiger partial charge < -0.3 is 10.4 Å². The van der Waals surface area contributed by atoms with Crippen LogP contribution in [0.15, 0.2) is 0 Å². The van der Waals surface area contributed by atoms with Gasteiger partial charge in [-0.05, 0) is 10.4 Å². The SMILES string of the molecule is NNC(=O)Cn1nnnc1CCNC(=O)O. The summed E-state index contributed by atoms with van der Waals surface area (Å²) >= 11 is 0. The quantitative estimate of drug-likeness (QED) is 0.247. The molecule has 1 aromatic rings. The molecule has 1 aromatic heterocycles. The highest BCUT2D eigenvalue weighted by atomic mass is 16.4. The molecule has 0 fully saturated rings. The molecule has 0 bridgehead atoms. The molecule has 0 unspecified atom stereocenters. The predicted octanol–water partition coefficient (Wildman–Crippen LogP) is -2.53. The van der Waals surface area contributed by atoms with Crippen molar-refractivity contribution in [3.63, 3.8) is 0 Å². The second-order valence-corrected chi connectivity index (χ2v) is 2.80. The number of carbonyl (C=O) groups excluding carboxylic acids is 1. The Morgan fingerprint density at radius 2 is 2.25 bits per heavy atom. The summed E-state index contributed by atoms with van der Waals surface area (Å²) in [7, 11) is 0. The highest BCUT2D eigenvalue weighted by molar-refractivity contribution is 5.74. The van der Waals surface area contributed by atoms with Gasteiger partial charge in [0.2, 0.25) is 0 Å². The Morgan fingerprint density at radius 1 is 1.50 bits per heavy atom. The summed E-state index contributed by atoms with van der Waals surface area (Å²) in [6, 6.07) is 0. The summed E-state index contributed by atoms with van der Waals surface area (Å²) < 4.78 is 1.24. The first-order valence-corrected chi connectivity index (χ1v) is 4.34. The number of aromatic nitrogens is 4. The number of nitrogens with two attached hydrogens (primary N) is 1. The smallest absolute Gasteiger partial charge is 0.404 e. The molecule has 1 heterocycles. The third-order valence-electron chi connectivity index (χ3n) is 1.69. The van der Waals surface area contributed by atoms with Crippen LogP contribution >= 0.6 is 0 Å². The Bertz CT molecular complexity index is 376. The van der Waals surface area contributed by atoms with Gasteiger partial charge in [0.25, 0.3) is 5.91 Å². The van der Waals surface area contributed by atoms with Crippen LogP contribution in [0.3, 0.4) is 0 Å². The Morgan fingerprint density at radius 3 is 2.88 bits per heavy atom.